The van der Waals surface area contributed by atoms with Gasteiger partial charge in [-0.25, -0.2) is 0 Å². The molecule has 3 aromatic rings. The molecule has 0 saturated carbocycles. The van der Waals surface area contributed by atoms with Crippen LogP contribution in [0, 0.1) is 25.2 Å². The van der Waals surface area contributed by atoms with E-state index >= 15 is 0 Å². The third kappa shape index (κ3) is 4.43. The van der Waals surface area contributed by atoms with Crippen LogP contribution in [0.5, 0.6) is 28.7 Å². The molecular formula is C26H27N3O6. The lowest BCUT2D eigenvalue weighted by molar-refractivity contribution is 0.0944. The maximum atomic E-state index is 13.3. The van der Waals surface area contributed by atoms with E-state index in [4.69, 9.17) is 23.7 Å². The van der Waals surface area contributed by atoms with E-state index in [2.05, 4.69) is 11.4 Å². The molecule has 1 amide bonds. The van der Waals surface area contributed by atoms with Crippen LogP contribution in [0.1, 0.15) is 33.4 Å². The highest BCUT2D eigenvalue weighted by molar-refractivity contribution is 5.96. The number of fused-ring (bicyclic) bond motifs is 1. The molecule has 0 saturated heterocycles. The highest BCUT2D eigenvalue weighted by Crippen LogP contribution is 2.40. The molecule has 182 valence electrons. The average Bonchev–Trinajstić information content (AvgIpc) is 3.19. The van der Waals surface area contributed by atoms with E-state index in [9.17, 15) is 10.1 Å². The molecule has 2 heterocycles. The van der Waals surface area contributed by atoms with Crippen molar-refractivity contribution >= 4 is 5.91 Å². The van der Waals surface area contributed by atoms with Gasteiger partial charge in [0.15, 0.2) is 23.0 Å². The molecule has 1 unspecified atom stereocenters. The van der Waals surface area contributed by atoms with Crippen LogP contribution in [0.2, 0.25) is 0 Å². The largest absolute Gasteiger partial charge is 0.493 e. The number of nitrogens with zero attached hydrogens (tertiary/aromatic N) is 2. The Labute approximate surface area is 203 Å². The summed E-state index contributed by atoms with van der Waals surface area (Å²) in [4.78, 5) is 13.3. The van der Waals surface area contributed by atoms with Crippen molar-refractivity contribution in [2.45, 2.75) is 19.9 Å². The molecule has 0 radical (unpaired) electrons. The minimum Gasteiger partial charge on any atom is -0.493 e. The fraction of sp³-hybridized carbons (Fsp3) is 0.308. The van der Waals surface area contributed by atoms with Gasteiger partial charge in [-0.05, 0) is 49.7 Å². The van der Waals surface area contributed by atoms with Crippen LogP contribution in [0.3, 0.4) is 0 Å². The summed E-state index contributed by atoms with van der Waals surface area (Å²) in [5, 5.41) is 12.7. The zero-order valence-electron chi connectivity index (χ0n) is 20.3. The normalized spacial score (nSPS) is 12.9. The smallest absolute Gasteiger partial charge is 0.254 e. The second-order valence-electron chi connectivity index (χ2n) is 7.94. The number of hydrogen-bond acceptors (Lipinski definition) is 7. The Morgan fingerprint density at radius 3 is 2.26 bits per heavy atom. The first kappa shape index (κ1) is 23.8. The Morgan fingerprint density at radius 2 is 1.66 bits per heavy atom. The number of methoxy groups -OCH3 is 3. The molecule has 0 aliphatic carbocycles. The number of rotatable bonds is 7. The summed E-state index contributed by atoms with van der Waals surface area (Å²) in [7, 11) is 4.49. The molecule has 1 atom stereocenters. The minimum atomic E-state index is -0.937. The second-order valence-corrected chi connectivity index (χ2v) is 7.94. The first-order valence-electron chi connectivity index (χ1n) is 11.0. The van der Waals surface area contributed by atoms with Gasteiger partial charge in [0.1, 0.15) is 19.3 Å². The van der Waals surface area contributed by atoms with Crippen molar-refractivity contribution in [2.75, 3.05) is 34.5 Å². The highest BCUT2D eigenvalue weighted by Gasteiger charge is 2.24. The lowest BCUT2D eigenvalue weighted by Gasteiger charge is -2.20. The summed E-state index contributed by atoms with van der Waals surface area (Å²) >= 11 is 0. The van der Waals surface area contributed by atoms with E-state index < -0.39 is 6.04 Å². The van der Waals surface area contributed by atoms with Crippen LogP contribution in [-0.4, -0.2) is 45.0 Å². The number of ether oxygens (including phenoxy) is 5. The number of nitrogens with one attached hydrogen (secondary N) is 1. The van der Waals surface area contributed by atoms with Crippen LogP contribution in [0.4, 0.5) is 0 Å². The molecule has 4 rings (SSSR count). The molecular weight excluding hydrogens is 450 g/mol. The SMILES string of the molecule is COc1cc(C(C#N)NC(=O)c2cc(C)n(-c3ccc4c(c3)OCCO4)c2C)cc(OC)c1OC. The molecule has 1 aliphatic heterocycles. The number of aryl methyl sites for hydroxylation is 1. The number of aromatic nitrogens is 1. The summed E-state index contributed by atoms with van der Waals surface area (Å²) in [6.07, 6.45) is 0. The van der Waals surface area contributed by atoms with Gasteiger partial charge in [0, 0.05) is 23.1 Å². The number of carbonyl (C=O) groups is 1. The summed E-state index contributed by atoms with van der Waals surface area (Å²) in [6.45, 7) is 4.79. The van der Waals surface area contributed by atoms with E-state index in [1.54, 1.807) is 18.2 Å². The van der Waals surface area contributed by atoms with Crippen molar-refractivity contribution in [2.24, 2.45) is 0 Å². The van der Waals surface area contributed by atoms with Gasteiger partial charge in [-0.1, -0.05) is 0 Å². The van der Waals surface area contributed by atoms with Crippen molar-refractivity contribution in [3.05, 3.63) is 58.9 Å². The van der Waals surface area contributed by atoms with Gasteiger partial charge in [0.05, 0.1) is 33.0 Å². The Hall–Kier alpha value is -4.32. The fourth-order valence-corrected chi connectivity index (χ4v) is 4.23. The second kappa shape index (κ2) is 9.89. The molecule has 9 heteroatoms. The molecule has 1 N–H and O–H groups in total. The van der Waals surface area contributed by atoms with E-state index in [0.29, 0.717) is 53.1 Å². The molecule has 1 aromatic heterocycles. The highest BCUT2D eigenvalue weighted by atomic mass is 16.6. The van der Waals surface area contributed by atoms with Gasteiger partial charge in [0.2, 0.25) is 5.75 Å². The maximum absolute atomic E-state index is 13.3. The Kier molecular flexibility index (Phi) is 6.73. The monoisotopic (exact) mass is 477 g/mol. The topological polar surface area (TPSA) is 104 Å². The van der Waals surface area contributed by atoms with Crippen LogP contribution in [0.25, 0.3) is 5.69 Å². The van der Waals surface area contributed by atoms with Gasteiger partial charge >= 0.3 is 0 Å². The summed E-state index contributed by atoms with van der Waals surface area (Å²) in [6, 6.07) is 12.0. The number of carbonyl (C=O) groups excluding carboxylic acids is 1. The van der Waals surface area contributed by atoms with Crippen molar-refractivity contribution < 1.29 is 28.5 Å². The third-order valence-electron chi connectivity index (χ3n) is 5.88. The number of benzene rings is 2. The van der Waals surface area contributed by atoms with Gasteiger partial charge in [-0.3, -0.25) is 4.79 Å². The Bertz CT molecular complexity index is 1280. The van der Waals surface area contributed by atoms with Gasteiger partial charge in [-0.15, -0.1) is 0 Å². The predicted molar refractivity (Wildman–Crippen MR) is 128 cm³/mol. The Balaban J connectivity index is 1.64. The zero-order chi connectivity index (χ0) is 25.1. The minimum absolute atomic E-state index is 0.373. The standard InChI is InChI=1S/C26H27N3O6/c1-15-10-19(16(2)29(15)18-6-7-21-22(13-18)35-9-8-34-21)26(30)28-20(14-27)17-11-23(31-3)25(33-5)24(12-17)32-4/h6-7,10-13,20H,8-9H2,1-5H3,(H,28,30). The first-order chi connectivity index (χ1) is 16.9. The molecule has 35 heavy (non-hydrogen) atoms. The van der Waals surface area contributed by atoms with E-state index in [0.717, 1.165) is 17.1 Å². The zero-order valence-corrected chi connectivity index (χ0v) is 20.3. The number of nitriles is 1. The van der Waals surface area contributed by atoms with Crippen LogP contribution in [0.15, 0.2) is 36.4 Å². The van der Waals surface area contributed by atoms with Gasteiger partial charge in [0.25, 0.3) is 5.91 Å². The van der Waals surface area contributed by atoms with Gasteiger partial charge in [-0.2, -0.15) is 5.26 Å². The van der Waals surface area contributed by atoms with E-state index in [-0.39, 0.29) is 5.91 Å². The molecule has 2 aromatic carbocycles. The number of hydrogen-bond donors (Lipinski definition) is 1. The molecule has 0 fully saturated rings. The van der Waals surface area contributed by atoms with Crippen molar-refractivity contribution in [1.29, 1.82) is 5.26 Å². The fourth-order valence-electron chi connectivity index (χ4n) is 4.23. The quantitative estimate of drug-likeness (QED) is 0.551. The lowest BCUT2D eigenvalue weighted by Crippen LogP contribution is -2.28. The van der Waals surface area contributed by atoms with Crippen molar-refractivity contribution in [1.82, 2.24) is 9.88 Å². The van der Waals surface area contributed by atoms with Crippen LogP contribution in [-0.2, 0) is 0 Å². The first-order valence-corrected chi connectivity index (χ1v) is 11.0. The molecule has 0 bridgehead atoms. The predicted octanol–water partition coefficient (Wildman–Crippen LogP) is 3.89. The molecule has 0 spiro atoms. The average molecular weight is 478 g/mol. The van der Waals surface area contributed by atoms with Crippen LogP contribution < -0.4 is 29.0 Å². The number of amides is 1. The maximum Gasteiger partial charge on any atom is 0.254 e. The Morgan fingerprint density at radius 1 is 1.00 bits per heavy atom. The summed E-state index contributed by atoms with van der Waals surface area (Å²) < 4.78 is 29.4. The van der Waals surface area contributed by atoms with Gasteiger partial charge < -0.3 is 33.6 Å². The summed E-state index contributed by atoms with van der Waals surface area (Å²) in [5.41, 5.74) is 3.43. The van der Waals surface area contributed by atoms with E-state index in [1.807, 2.05) is 36.6 Å². The van der Waals surface area contributed by atoms with Crippen LogP contribution >= 0.6 is 0 Å². The molecule has 9 nitrogen and oxygen atoms in total. The third-order valence-corrected chi connectivity index (χ3v) is 5.88. The van der Waals surface area contributed by atoms with E-state index in [1.165, 1.54) is 21.3 Å². The summed E-state index contributed by atoms with van der Waals surface area (Å²) in [5.74, 6) is 2.19. The van der Waals surface area contributed by atoms with Crippen molar-refractivity contribution in [3.63, 3.8) is 0 Å². The van der Waals surface area contributed by atoms with Crippen molar-refractivity contribution in [3.8, 4) is 40.5 Å². The lowest BCUT2D eigenvalue weighted by atomic mass is 10.1. The molecule has 1 aliphatic rings.